The van der Waals surface area contributed by atoms with Crippen LogP contribution in [0, 0.1) is 0 Å². The van der Waals surface area contributed by atoms with Crippen molar-refractivity contribution in [3.63, 3.8) is 0 Å². The van der Waals surface area contributed by atoms with E-state index in [0.29, 0.717) is 0 Å². The van der Waals surface area contributed by atoms with Gasteiger partial charge in [0.05, 0.1) is 5.41 Å². The average molecular weight is 351 g/mol. The van der Waals surface area contributed by atoms with Crippen LogP contribution in [-0.4, -0.2) is 10.4 Å². The largest absolute Gasteiger partial charge is 0.342 e. The molecule has 0 radical (unpaired) electrons. The summed E-state index contributed by atoms with van der Waals surface area (Å²) in [5.74, 6) is 0.191. The van der Waals surface area contributed by atoms with E-state index in [9.17, 15) is 4.79 Å². The van der Waals surface area contributed by atoms with Crippen molar-refractivity contribution in [3.05, 3.63) is 95.7 Å². The van der Waals surface area contributed by atoms with Crippen LogP contribution in [-0.2, 0) is 12.0 Å². The maximum absolute atomic E-state index is 13.3. The summed E-state index contributed by atoms with van der Waals surface area (Å²) in [6, 6.07) is 24.9. The number of fused-ring (bicyclic) bond motifs is 2. The lowest BCUT2D eigenvalue weighted by molar-refractivity contribution is 0.0911. The normalized spacial score (nSPS) is 14.8. The second-order valence-corrected chi connectivity index (χ2v) is 7.86. The minimum Gasteiger partial charge on any atom is -0.342 e. The molecule has 1 aromatic heterocycles. The zero-order valence-corrected chi connectivity index (χ0v) is 15.6. The smallest absolute Gasteiger partial charge is 0.173 e. The molecular weight excluding hydrogens is 330 g/mol. The number of carbonyl (C=O) groups is 1. The monoisotopic (exact) mass is 351 g/mol. The van der Waals surface area contributed by atoms with Crippen molar-refractivity contribution in [2.45, 2.75) is 25.8 Å². The third kappa shape index (κ3) is 2.30. The lowest BCUT2D eigenvalue weighted by Gasteiger charge is -2.24. The molecule has 0 bridgehead atoms. The van der Waals surface area contributed by atoms with Gasteiger partial charge in [-0.05, 0) is 36.6 Å². The summed E-state index contributed by atoms with van der Waals surface area (Å²) >= 11 is 0. The second-order valence-electron chi connectivity index (χ2n) is 7.86. The molecule has 27 heavy (non-hydrogen) atoms. The van der Waals surface area contributed by atoms with Gasteiger partial charge < -0.3 is 4.57 Å². The van der Waals surface area contributed by atoms with Crippen molar-refractivity contribution in [1.82, 2.24) is 4.57 Å². The Morgan fingerprint density at radius 3 is 2.26 bits per heavy atom. The zero-order chi connectivity index (χ0) is 18.6. The Bertz CT molecular complexity index is 1180. The Balaban J connectivity index is 1.84. The standard InChI is InChI=1S/C25H21NO/c1-25(2)21-13-8-14-22-23(21)20(18-11-6-7-12-19(18)24(25)27)16-26(22)15-17-9-4-3-5-10-17/h3-14,16H,15H2,1-2H3. The van der Waals surface area contributed by atoms with E-state index in [0.717, 1.165) is 28.8 Å². The van der Waals surface area contributed by atoms with E-state index in [-0.39, 0.29) is 5.78 Å². The van der Waals surface area contributed by atoms with E-state index in [2.05, 4.69) is 59.3 Å². The number of hydrogen-bond donors (Lipinski definition) is 0. The van der Waals surface area contributed by atoms with Crippen molar-refractivity contribution >= 4 is 16.7 Å². The molecule has 3 aromatic carbocycles. The van der Waals surface area contributed by atoms with Crippen LogP contribution in [0.3, 0.4) is 0 Å². The summed E-state index contributed by atoms with van der Waals surface area (Å²) in [4.78, 5) is 13.3. The van der Waals surface area contributed by atoms with Gasteiger partial charge in [-0.1, -0.05) is 66.7 Å². The van der Waals surface area contributed by atoms with Crippen LogP contribution in [0.2, 0.25) is 0 Å². The van der Waals surface area contributed by atoms with Crippen molar-refractivity contribution in [3.8, 4) is 11.1 Å². The Kier molecular flexibility index (Phi) is 3.38. The molecule has 0 saturated heterocycles. The van der Waals surface area contributed by atoms with Crippen LogP contribution in [0.5, 0.6) is 0 Å². The first-order valence-corrected chi connectivity index (χ1v) is 9.38. The summed E-state index contributed by atoms with van der Waals surface area (Å²) in [6.45, 7) is 4.91. The van der Waals surface area contributed by atoms with Gasteiger partial charge in [0.1, 0.15) is 0 Å². The Labute approximate surface area is 159 Å². The number of ketones is 1. The first-order chi connectivity index (χ1) is 13.1. The van der Waals surface area contributed by atoms with Gasteiger partial charge in [0.15, 0.2) is 5.78 Å². The number of Topliss-reactive ketones (excluding diaryl/α,β-unsaturated/α-hetero) is 1. The summed E-state index contributed by atoms with van der Waals surface area (Å²) in [5, 5.41) is 1.21. The predicted octanol–water partition coefficient (Wildman–Crippen LogP) is 5.83. The highest BCUT2D eigenvalue weighted by Crippen LogP contribution is 2.44. The molecule has 0 fully saturated rings. The Morgan fingerprint density at radius 2 is 1.48 bits per heavy atom. The SMILES string of the molecule is CC1(C)C(=O)c2ccccc2-c2cn(Cc3ccccc3)c3cccc1c23. The molecule has 0 aliphatic heterocycles. The molecule has 2 nitrogen and oxygen atoms in total. The minimum atomic E-state index is -0.556. The van der Waals surface area contributed by atoms with Gasteiger partial charge in [-0.2, -0.15) is 0 Å². The fraction of sp³-hybridized carbons (Fsp3) is 0.160. The lowest BCUT2D eigenvalue weighted by atomic mass is 9.78. The highest BCUT2D eigenvalue weighted by atomic mass is 16.1. The molecule has 1 heterocycles. The van der Waals surface area contributed by atoms with Gasteiger partial charge in [-0.25, -0.2) is 0 Å². The van der Waals surface area contributed by atoms with Gasteiger partial charge >= 0.3 is 0 Å². The molecular formula is C25H21NO. The van der Waals surface area contributed by atoms with Gasteiger partial charge in [-0.15, -0.1) is 0 Å². The van der Waals surface area contributed by atoms with Crippen LogP contribution in [0.25, 0.3) is 22.0 Å². The van der Waals surface area contributed by atoms with Crippen LogP contribution in [0.1, 0.15) is 35.3 Å². The predicted molar refractivity (Wildman–Crippen MR) is 110 cm³/mol. The first-order valence-electron chi connectivity index (χ1n) is 9.38. The third-order valence-corrected chi connectivity index (χ3v) is 5.80. The Hall–Kier alpha value is -3.13. The summed E-state index contributed by atoms with van der Waals surface area (Å²) in [5.41, 5.74) is 6.03. The molecule has 1 aliphatic carbocycles. The number of benzene rings is 3. The molecule has 0 amide bonds. The Morgan fingerprint density at radius 1 is 0.778 bits per heavy atom. The van der Waals surface area contributed by atoms with E-state index in [1.54, 1.807) is 0 Å². The molecule has 132 valence electrons. The molecule has 2 heteroatoms. The fourth-order valence-corrected chi connectivity index (χ4v) is 4.36. The summed E-state index contributed by atoms with van der Waals surface area (Å²) in [7, 11) is 0. The summed E-state index contributed by atoms with van der Waals surface area (Å²) in [6.07, 6.45) is 2.22. The molecule has 1 aliphatic rings. The first kappa shape index (κ1) is 16.1. The van der Waals surface area contributed by atoms with E-state index >= 15 is 0 Å². The second kappa shape index (κ2) is 5.68. The zero-order valence-electron chi connectivity index (χ0n) is 15.6. The molecule has 0 spiro atoms. The van der Waals surface area contributed by atoms with Crippen LogP contribution >= 0.6 is 0 Å². The highest BCUT2D eigenvalue weighted by Gasteiger charge is 2.37. The van der Waals surface area contributed by atoms with E-state index in [1.807, 2.05) is 38.1 Å². The number of rotatable bonds is 2. The van der Waals surface area contributed by atoms with Crippen molar-refractivity contribution < 1.29 is 4.79 Å². The quantitative estimate of drug-likeness (QED) is 0.445. The van der Waals surface area contributed by atoms with Gasteiger partial charge in [0, 0.05) is 34.8 Å². The van der Waals surface area contributed by atoms with Crippen LogP contribution < -0.4 is 0 Å². The molecule has 0 unspecified atom stereocenters. The minimum absolute atomic E-state index is 0.191. The van der Waals surface area contributed by atoms with Gasteiger partial charge in [-0.3, -0.25) is 4.79 Å². The van der Waals surface area contributed by atoms with Crippen molar-refractivity contribution in [2.24, 2.45) is 0 Å². The number of aromatic nitrogens is 1. The third-order valence-electron chi connectivity index (χ3n) is 5.80. The lowest BCUT2D eigenvalue weighted by Crippen LogP contribution is -2.28. The van der Waals surface area contributed by atoms with Crippen molar-refractivity contribution in [1.29, 1.82) is 0 Å². The number of nitrogens with zero attached hydrogens (tertiary/aromatic N) is 1. The maximum Gasteiger partial charge on any atom is 0.173 e. The van der Waals surface area contributed by atoms with E-state index in [4.69, 9.17) is 0 Å². The number of hydrogen-bond acceptors (Lipinski definition) is 1. The van der Waals surface area contributed by atoms with E-state index < -0.39 is 5.41 Å². The molecule has 0 N–H and O–H groups in total. The average Bonchev–Trinajstić information content (AvgIpc) is 3.03. The van der Waals surface area contributed by atoms with E-state index in [1.165, 1.54) is 16.5 Å². The fourth-order valence-electron chi connectivity index (χ4n) is 4.36. The number of carbonyl (C=O) groups excluding carboxylic acids is 1. The highest BCUT2D eigenvalue weighted by molar-refractivity contribution is 6.16. The topological polar surface area (TPSA) is 22.0 Å². The molecule has 5 rings (SSSR count). The maximum atomic E-state index is 13.3. The summed E-state index contributed by atoms with van der Waals surface area (Å²) < 4.78 is 2.31. The van der Waals surface area contributed by atoms with Crippen molar-refractivity contribution in [2.75, 3.05) is 0 Å². The van der Waals surface area contributed by atoms with Gasteiger partial charge in [0.25, 0.3) is 0 Å². The molecule has 4 aromatic rings. The van der Waals surface area contributed by atoms with Crippen LogP contribution in [0.4, 0.5) is 0 Å². The van der Waals surface area contributed by atoms with Gasteiger partial charge in [0.2, 0.25) is 0 Å². The van der Waals surface area contributed by atoms with Crippen LogP contribution in [0.15, 0.2) is 79.0 Å². The molecule has 0 atom stereocenters. The molecule has 0 saturated carbocycles.